The van der Waals surface area contributed by atoms with Crippen LogP contribution in [0.5, 0.6) is 0 Å². The summed E-state index contributed by atoms with van der Waals surface area (Å²) in [7, 11) is 0. The van der Waals surface area contributed by atoms with Gasteiger partial charge in [0.25, 0.3) is 0 Å². The molecule has 3 rings (SSSR count). The van der Waals surface area contributed by atoms with Gasteiger partial charge in [0.2, 0.25) is 5.91 Å². The Kier molecular flexibility index (Phi) is 3.33. The normalized spacial score (nSPS) is 11.1. The third-order valence-corrected chi connectivity index (χ3v) is 3.70. The van der Waals surface area contributed by atoms with Gasteiger partial charge in [0, 0.05) is 30.3 Å². The van der Waals surface area contributed by atoms with Crippen LogP contribution in [-0.4, -0.2) is 15.5 Å². The number of hydrogen-bond acceptors (Lipinski definition) is 3. The molecule has 0 saturated carbocycles. The van der Waals surface area contributed by atoms with Crippen molar-refractivity contribution in [3.05, 3.63) is 47.2 Å². The van der Waals surface area contributed by atoms with Crippen LogP contribution in [0.3, 0.4) is 0 Å². The molecule has 3 aromatic rings. The Bertz CT molecular complexity index is 921. The first-order chi connectivity index (χ1) is 10.4. The van der Waals surface area contributed by atoms with Crippen LogP contribution in [-0.2, 0) is 0 Å². The van der Waals surface area contributed by atoms with E-state index in [4.69, 9.17) is 17.3 Å². The van der Waals surface area contributed by atoms with Crippen LogP contribution >= 0.6 is 11.6 Å². The van der Waals surface area contributed by atoms with E-state index >= 15 is 0 Å². The van der Waals surface area contributed by atoms with Gasteiger partial charge in [-0.25, -0.2) is 8.78 Å². The van der Waals surface area contributed by atoms with Crippen LogP contribution < -0.4 is 5.73 Å². The molecular formula is C15H10ClF2N3O. The van der Waals surface area contributed by atoms with Crippen molar-refractivity contribution in [2.24, 2.45) is 0 Å². The highest BCUT2D eigenvalue weighted by molar-refractivity contribution is 6.33. The van der Waals surface area contributed by atoms with Gasteiger partial charge in [0.15, 0.2) is 11.6 Å². The van der Waals surface area contributed by atoms with Crippen LogP contribution in [0.25, 0.3) is 22.2 Å². The summed E-state index contributed by atoms with van der Waals surface area (Å²) in [5.74, 6) is -1.99. The first-order valence-electron chi connectivity index (χ1n) is 6.32. The maximum Gasteiger partial charge on any atom is 0.228 e. The van der Waals surface area contributed by atoms with Gasteiger partial charge in [0.1, 0.15) is 5.69 Å². The largest absolute Gasteiger partial charge is 0.395 e. The number of anilines is 1. The lowest BCUT2D eigenvalue weighted by molar-refractivity contribution is 0.0941. The van der Waals surface area contributed by atoms with Gasteiger partial charge in [-0.15, -0.1) is 0 Å². The standard InChI is InChI=1S/C15H10ClF2N3O/c1-7(22)21-5-4-8-2-3-9(11(17)15(8)21)14-12(18)13(19)10(16)6-20-14/h2-6H,1H3,(H2,19,20). The first-order valence-corrected chi connectivity index (χ1v) is 6.70. The highest BCUT2D eigenvalue weighted by Crippen LogP contribution is 2.33. The quantitative estimate of drug-likeness (QED) is 0.740. The first kappa shape index (κ1) is 14.5. The predicted molar refractivity (Wildman–Crippen MR) is 80.8 cm³/mol. The number of rotatable bonds is 1. The molecule has 2 N–H and O–H groups in total. The zero-order valence-electron chi connectivity index (χ0n) is 11.4. The SMILES string of the molecule is CC(=O)n1ccc2ccc(-c3ncc(Cl)c(N)c3F)c(F)c21. The third kappa shape index (κ3) is 2.03. The molecule has 4 nitrogen and oxygen atoms in total. The zero-order valence-corrected chi connectivity index (χ0v) is 12.2. The Labute approximate surface area is 129 Å². The molecule has 0 aliphatic carbocycles. The molecule has 0 aliphatic rings. The molecule has 0 saturated heterocycles. The number of aromatic nitrogens is 2. The Morgan fingerprint density at radius 1 is 1.27 bits per heavy atom. The third-order valence-electron chi connectivity index (χ3n) is 3.39. The van der Waals surface area contributed by atoms with Gasteiger partial charge >= 0.3 is 0 Å². The van der Waals surface area contributed by atoms with E-state index in [9.17, 15) is 13.6 Å². The molecular weight excluding hydrogens is 312 g/mol. The summed E-state index contributed by atoms with van der Waals surface area (Å²) in [6.45, 7) is 1.31. The molecule has 0 bridgehead atoms. The van der Waals surface area contributed by atoms with Gasteiger partial charge in [-0.2, -0.15) is 0 Å². The summed E-state index contributed by atoms with van der Waals surface area (Å²) < 4.78 is 30.1. The highest BCUT2D eigenvalue weighted by atomic mass is 35.5. The second-order valence-corrected chi connectivity index (χ2v) is 5.16. The summed E-state index contributed by atoms with van der Waals surface area (Å²) >= 11 is 5.69. The lowest BCUT2D eigenvalue weighted by Gasteiger charge is -2.09. The van der Waals surface area contributed by atoms with Gasteiger partial charge in [-0.3, -0.25) is 14.3 Å². The van der Waals surface area contributed by atoms with Crippen LogP contribution in [0.2, 0.25) is 5.02 Å². The Morgan fingerprint density at radius 2 is 2.00 bits per heavy atom. The molecule has 0 fully saturated rings. The minimum absolute atomic E-state index is 0.0464. The number of carbonyl (C=O) groups is 1. The maximum atomic E-state index is 14.8. The van der Waals surface area contributed by atoms with Gasteiger partial charge in [-0.1, -0.05) is 17.7 Å². The highest BCUT2D eigenvalue weighted by Gasteiger charge is 2.20. The average Bonchev–Trinajstić information content (AvgIpc) is 2.91. The summed E-state index contributed by atoms with van der Waals surface area (Å²) in [5, 5.41) is 0.480. The van der Waals surface area contributed by atoms with E-state index in [1.54, 1.807) is 12.1 Å². The van der Waals surface area contributed by atoms with Crippen LogP contribution in [0, 0.1) is 11.6 Å². The molecule has 0 aliphatic heterocycles. The van der Waals surface area contributed by atoms with E-state index < -0.39 is 11.6 Å². The van der Waals surface area contributed by atoms with Gasteiger partial charge in [-0.05, 0) is 12.1 Å². The predicted octanol–water partition coefficient (Wildman–Crippen LogP) is 3.88. The van der Waals surface area contributed by atoms with Crippen LogP contribution in [0.4, 0.5) is 14.5 Å². The molecule has 0 radical (unpaired) electrons. The van der Waals surface area contributed by atoms with Gasteiger partial charge in [0.05, 0.1) is 16.2 Å². The monoisotopic (exact) mass is 321 g/mol. The summed E-state index contributed by atoms with van der Waals surface area (Å²) in [6, 6.07) is 4.57. The molecule has 2 heterocycles. The zero-order chi connectivity index (χ0) is 16.0. The number of halogens is 3. The van der Waals surface area contributed by atoms with Crippen molar-refractivity contribution in [2.75, 3.05) is 5.73 Å². The van der Waals surface area contributed by atoms with Crippen molar-refractivity contribution in [2.45, 2.75) is 6.92 Å². The summed E-state index contributed by atoms with van der Waals surface area (Å²) in [4.78, 5) is 15.4. The maximum absolute atomic E-state index is 14.8. The summed E-state index contributed by atoms with van der Waals surface area (Å²) in [6.07, 6.45) is 2.61. The van der Waals surface area contributed by atoms with E-state index in [0.29, 0.717) is 5.39 Å². The van der Waals surface area contributed by atoms with Crippen molar-refractivity contribution in [1.29, 1.82) is 0 Å². The molecule has 0 spiro atoms. The van der Waals surface area contributed by atoms with Crippen molar-refractivity contribution in [3.8, 4) is 11.3 Å². The molecule has 2 aromatic heterocycles. The fourth-order valence-electron chi connectivity index (χ4n) is 2.30. The Hall–Kier alpha value is -2.47. The van der Waals surface area contributed by atoms with Gasteiger partial charge < -0.3 is 5.73 Å². The van der Waals surface area contributed by atoms with E-state index in [2.05, 4.69) is 4.98 Å². The Balaban J connectivity index is 2.33. The molecule has 0 amide bonds. The number of benzene rings is 1. The Morgan fingerprint density at radius 3 is 2.68 bits per heavy atom. The van der Waals surface area contributed by atoms with E-state index in [0.717, 1.165) is 10.8 Å². The van der Waals surface area contributed by atoms with Crippen molar-refractivity contribution in [3.63, 3.8) is 0 Å². The number of nitrogens with two attached hydrogens (primary N) is 1. The van der Waals surface area contributed by atoms with Crippen LogP contribution in [0.15, 0.2) is 30.6 Å². The molecule has 1 aromatic carbocycles. The van der Waals surface area contributed by atoms with E-state index in [1.807, 2.05) is 0 Å². The lowest BCUT2D eigenvalue weighted by atomic mass is 10.1. The minimum Gasteiger partial charge on any atom is -0.395 e. The fraction of sp³-hybridized carbons (Fsp3) is 0.0667. The molecule has 7 heteroatoms. The van der Waals surface area contributed by atoms with Crippen LogP contribution in [0.1, 0.15) is 11.7 Å². The van der Waals surface area contributed by atoms with Crippen molar-refractivity contribution < 1.29 is 13.6 Å². The molecule has 112 valence electrons. The average molecular weight is 322 g/mol. The van der Waals surface area contributed by atoms with Crippen molar-refractivity contribution >= 4 is 34.1 Å². The fourth-order valence-corrected chi connectivity index (χ4v) is 2.43. The summed E-state index contributed by atoms with van der Waals surface area (Å²) in [5.41, 5.74) is 4.94. The topological polar surface area (TPSA) is 60.9 Å². The lowest BCUT2D eigenvalue weighted by Crippen LogP contribution is -2.05. The van der Waals surface area contributed by atoms with E-state index in [1.165, 1.54) is 19.2 Å². The number of carbonyl (C=O) groups excluding carboxylic acids is 1. The number of fused-ring (bicyclic) bond motifs is 1. The second kappa shape index (κ2) is 5.06. The number of nitrogen functional groups attached to an aromatic ring is 1. The number of hydrogen-bond donors (Lipinski definition) is 1. The second-order valence-electron chi connectivity index (χ2n) is 4.75. The number of pyridine rings is 1. The van der Waals surface area contributed by atoms with E-state index in [-0.39, 0.29) is 33.4 Å². The number of nitrogens with zero attached hydrogens (tertiary/aromatic N) is 2. The molecule has 0 unspecified atom stereocenters. The molecule has 22 heavy (non-hydrogen) atoms. The smallest absolute Gasteiger partial charge is 0.228 e. The minimum atomic E-state index is -0.897. The van der Waals surface area contributed by atoms with Crippen molar-refractivity contribution in [1.82, 2.24) is 9.55 Å². The molecule has 0 atom stereocenters.